The van der Waals surface area contributed by atoms with Crippen LogP contribution in [0.3, 0.4) is 0 Å². The Kier molecular flexibility index (Phi) is 5.04. The molecule has 0 spiro atoms. The molecule has 4 nitrogen and oxygen atoms in total. The molecule has 0 fully saturated rings. The highest BCUT2D eigenvalue weighted by Crippen LogP contribution is 2.03. The van der Waals surface area contributed by atoms with Crippen LogP contribution in [0, 0.1) is 0 Å². The number of ketones is 1. The molecular weight excluding hydrogens is 192 g/mol. The molecule has 0 atom stereocenters. The molecule has 0 saturated heterocycles. The third kappa shape index (κ3) is 3.83. The minimum atomic E-state index is 0.151. The SMILES string of the molecule is CCC(=O)c1cnn(CCCCOC)c1. The van der Waals surface area contributed by atoms with Gasteiger partial charge in [-0.1, -0.05) is 6.92 Å². The van der Waals surface area contributed by atoms with Crippen molar-refractivity contribution in [2.75, 3.05) is 13.7 Å². The molecular formula is C11H18N2O2. The predicted molar refractivity (Wildman–Crippen MR) is 58.0 cm³/mol. The summed E-state index contributed by atoms with van der Waals surface area (Å²) in [6.07, 6.45) is 6.04. The molecule has 1 aromatic heterocycles. The summed E-state index contributed by atoms with van der Waals surface area (Å²) in [6.45, 7) is 3.49. The fraction of sp³-hybridized carbons (Fsp3) is 0.636. The van der Waals surface area contributed by atoms with Crippen molar-refractivity contribution in [3.8, 4) is 0 Å². The van der Waals surface area contributed by atoms with Crippen LogP contribution in [0.4, 0.5) is 0 Å². The summed E-state index contributed by atoms with van der Waals surface area (Å²) in [5.41, 5.74) is 0.712. The highest BCUT2D eigenvalue weighted by molar-refractivity contribution is 5.95. The van der Waals surface area contributed by atoms with E-state index in [1.165, 1.54) is 0 Å². The number of aryl methyl sites for hydroxylation is 1. The van der Waals surface area contributed by atoms with Crippen LogP contribution >= 0.6 is 0 Å². The first-order valence-electron chi connectivity index (χ1n) is 5.32. The van der Waals surface area contributed by atoms with Gasteiger partial charge in [0, 0.05) is 32.9 Å². The normalized spacial score (nSPS) is 10.5. The van der Waals surface area contributed by atoms with E-state index >= 15 is 0 Å². The molecule has 0 saturated carbocycles. The average molecular weight is 210 g/mol. The van der Waals surface area contributed by atoms with E-state index in [0.29, 0.717) is 12.0 Å². The Hall–Kier alpha value is -1.16. The standard InChI is InChI=1S/C11H18N2O2/c1-3-11(14)10-8-12-13(9-10)6-4-5-7-15-2/h8-9H,3-7H2,1-2H3. The Labute approximate surface area is 90.2 Å². The Morgan fingerprint density at radius 3 is 3.00 bits per heavy atom. The van der Waals surface area contributed by atoms with E-state index in [2.05, 4.69) is 5.10 Å². The maximum absolute atomic E-state index is 11.3. The van der Waals surface area contributed by atoms with E-state index in [0.717, 1.165) is 26.0 Å². The van der Waals surface area contributed by atoms with Crippen LogP contribution in [0.15, 0.2) is 12.4 Å². The molecule has 0 radical (unpaired) electrons. The average Bonchev–Trinajstić information content (AvgIpc) is 2.72. The highest BCUT2D eigenvalue weighted by Gasteiger charge is 2.05. The van der Waals surface area contributed by atoms with E-state index in [-0.39, 0.29) is 5.78 Å². The summed E-state index contributed by atoms with van der Waals surface area (Å²) in [7, 11) is 1.70. The van der Waals surface area contributed by atoms with E-state index in [4.69, 9.17) is 4.74 Å². The van der Waals surface area contributed by atoms with Crippen LogP contribution in [0.2, 0.25) is 0 Å². The maximum atomic E-state index is 11.3. The molecule has 1 aromatic rings. The maximum Gasteiger partial charge on any atom is 0.165 e. The topological polar surface area (TPSA) is 44.1 Å². The zero-order valence-electron chi connectivity index (χ0n) is 9.40. The Morgan fingerprint density at radius 2 is 2.33 bits per heavy atom. The third-order valence-corrected chi connectivity index (χ3v) is 2.26. The van der Waals surface area contributed by atoms with Gasteiger partial charge in [-0.05, 0) is 12.8 Å². The van der Waals surface area contributed by atoms with Crippen molar-refractivity contribution in [2.45, 2.75) is 32.7 Å². The minimum absolute atomic E-state index is 0.151. The first-order chi connectivity index (χ1) is 7.27. The molecule has 4 heteroatoms. The quantitative estimate of drug-likeness (QED) is 0.510. The first-order valence-corrected chi connectivity index (χ1v) is 5.32. The lowest BCUT2D eigenvalue weighted by molar-refractivity contribution is 0.0988. The molecule has 0 aliphatic heterocycles. The van der Waals surface area contributed by atoms with Gasteiger partial charge in [-0.25, -0.2) is 0 Å². The van der Waals surface area contributed by atoms with Gasteiger partial charge in [0.05, 0.1) is 11.8 Å². The summed E-state index contributed by atoms with van der Waals surface area (Å²) in [5.74, 6) is 0.151. The highest BCUT2D eigenvalue weighted by atomic mass is 16.5. The number of ether oxygens (including phenoxy) is 1. The van der Waals surface area contributed by atoms with E-state index < -0.39 is 0 Å². The molecule has 1 rings (SSSR count). The van der Waals surface area contributed by atoms with Gasteiger partial charge < -0.3 is 4.74 Å². The number of aromatic nitrogens is 2. The molecule has 0 amide bonds. The summed E-state index contributed by atoms with van der Waals surface area (Å²) in [6, 6.07) is 0. The van der Waals surface area contributed by atoms with Crippen LogP contribution in [0.25, 0.3) is 0 Å². The summed E-state index contributed by atoms with van der Waals surface area (Å²) >= 11 is 0. The lowest BCUT2D eigenvalue weighted by Crippen LogP contribution is -2.00. The largest absolute Gasteiger partial charge is 0.385 e. The van der Waals surface area contributed by atoms with Crippen molar-refractivity contribution in [1.82, 2.24) is 9.78 Å². The molecule has 84 valence electrons. The second-order valence-corrected chi connectivity index (χ2v) is 3.47. The second kappa shape index (κ2) is 6.35. The number of unbranched alkanes of at least 4 members (excludes halogenated alkanes) is 1. The molecule has 1 heterocycles. The molecule has 0 aliphatic rings. The second-order valence-electron chi connectivity index (χ2n) is 3.47. The minimum Gasteiger partial charge on any atom is -0.385 e. The van der Waals surface area contributed by atoms with Crippen LogP contribution < -0.4 is 0 Å². The zero-order valence-corrected chi connectivity index (χ0v) is 9.40. The zero-order chi connectivity index (χ0) is 11.1. The summed E-state index contributed by atoms with van der Waals surface area (Å²) < 4.78 is 6.77. The van der Waals surface area contributed by atoms with Gasteiger partial charge >= 0.3 is 0 Å². The molecule has 0 bridgehead atoms. The Morgan fingerprint density at radius 1 is 1.53 bits per heavy atom. The van der Waals surface area contributed by atoms with Crippen molar-refractivity contribution in [2.24, 2.45) is 0 Å². The van der Waals surface area contributed by atoms with Crippen molar-refractivity contribution in [1.29, 1.82) is 0 Å². The van der Waals surface area contributed by atoms with Crippen molar-refractivity contribution >= 4 is 5.78 Å². The molecule has 0 unspecified atom stereocenters. The molecule has 15 heavy (non-hydrogen) atoms. The fourth-order valence-corrected chi connectivity index (χ4v) is 1.35. The number of carbonyl (C=O) groups excluding carboxylic acids is 1. The smallest absolute Gasteiger partial charge is 0.165 e. The number of nitrogens with zero attached hydrogens (tertiary/aromatic N) is 2. The van der Waals surface area contributed by atoms with Crippen molar-refractivity contribution in [3.63, 3.8) is 0 Å². The molecule has 0 aromatic carbocycles. The third-order valence-electron chi connectivity index (χ3n) is 2.26. The van der Waals surface area contributed by atoms with Crippen LogP contribution in [-0.2, 0) is 11.3 Å². The fourth-order valence-electron chi connectivity index (χ4n) is 1.35. The lowest BCUT2D eigenvalue weighted by atomic mass is 10.2. The van der Waals surface area contributed by atoms with Crippen molar-refractivity contribution < 1.29 is 9.53 Å². The van der Waals surface area contributed by atoms with Gasteiger partial charge in [0.15, 0.2) is 5.78 Å². The molecule has 0 N–H and O–H groups in total. The molecule has 0 aliphatic carbocycles. The van der Waals surface area contributed by atoms with E-state index in [1.54, 1.807) is 13.3 Å². The predicted octanol–water partition coefficient (Wildman–Crippen LogP) is 1.90. The van der Waals surface area contributed by atoms with Crippen LogP contribution in [0.5, 0.6) is 0 Å². The van der Waals surface area contributed by atoms with Gasteiger partial charge in [0.1, 0.15) is 0 Å². The Balaban J connectivity index is 2.36. The van der Waals surface area contributed by atoms with Gasteiger partial charge in [-0.3, -0.25) is 9.48 Å². The van der Waals surface area contributed by atoms with Crippen LogP contribution in [-0.4, -0.2) is 29.3 Å². The van der Waals surface area contributed by atoms with Gasteiger partial charge in [0.2, 0.25) is 0 Å². The van der Waals surface area contributed by atoms with Gasteiger partial charge in [-0.2, -0.15) is 5.10 Å². The number of rotatable bonds is 7. The van der Waals surface area contributed by atoms with Gasteiger partial charge in [-0.15, -0.1) is 0 Å². The first kappa shape index (κ1) is 11.9. The van der Waals surface area contributed by atoms with Crippen molar-refractivity contribution in [3.05, 3.63) is 18.0 Å². The lowest BCUT2D eigenvalue weighted by Gasteiger charge is -2.00. The Bertz CT molecular complexity index is 307. The monoisotopic (exact) mass is 210 g/mol. The van der Waals surface area contributed by atoms with E-state index in [1.807, 2.05) is 17.8 Å². The number of hydrogen-bond acceptors (Lipinski definition) is 3. The number of Topliss-reactive ketones (excluding diaryl/α,β-unsaturated/α-hetero) is 1. The van der Waals surface area contributed by atoms with Crippen LogP contribution in [0.1, 0.15) is 36.5 Å². The summed E-state index contributed by atoms with van der Waals surface area (Å²) in [4.78, 5) is 11.3. The van der Waals surface area contributed by atoms with Gasteiger partial charge in [0.25, 0.3) is 0 Å². The number of carbonyl (C=O) groups is 1. The number of hydrogen-bond donors (Lipinski definition) is 0. The summed E-state index contributed by atoms with van der Waals surface area (Å²) in [5, 5.41) is 4.14. The number of methoxy groups -OCH3 is 1. The van der Waals surface area contributed by atoms with E-state index in [9.17, 15) is 4.79 Å².